The second kappa shape index (κ2) is 3.45. The number of rotatable bonds is 1. The zero-order chi connectivity index (χ0) is 4.12. The number of hydrogen-bond acceptors (Lipinski definition) is 1. The van der Waals surface area contributed by atoms with E-state index in [1.807, 2.05) is 0 Å². The molecule has 0 aliphatic rings. The van der Waals surface area contributed by atoms with Crippen molar-refractivity contribution in [3.63, 3.8) is 0 Å². The molecule has 0 heterocycles. The minimum Gasteiger partial charge on any atom is -0.300 e. The van der Waals surface area contributed by atoms with Crippen molar-refractivity contribution in [3.8, 4) is 0 Å². The summed E-state index contributed by atoms with van der Waals surface area (Å²) in [5.74, 6) is 0. The standard InChI is InChI=1S/C3H6N2/c1-4-3-5-2/h4H,3H2,1H3. The van der Waals surface area contributed by atoms with Crippen LogP contribution in [0.1, 0.15) is 0 Å². The molecule has 0 fully saturated rings. The average molecular weight is 70.1 g/mol. The van der Waals surface area contributed by atoms with Gasteiger partial charge in [-0.25, -0.2) is 6.57 Å². The van der Waals surface area contributed by atoms with Crippen molar-refractivity contribution < 1.29 is 0 Å². The van der Waals surface area contributed by atoms with Gasteiger partial charge in [-0.2, -0.15) is 0 Å². The lowest BCUT2D eigenvalue weighted by Gasteiger charge is -1.71. The van der Waals surface area contributed by atoms with Gasteiger partial charge in [-0.3, -0.25) is 10.2 Å². The van der Waals surface area contributed by atoms with Crippen LogP contribution in [0.5, 0.6) is 0 Å². The third-order valence-electron chi connectivity index (χ3n) is 0.237. The van der Waals surface area contributed by atoms with Crippen LogP contribution in [0.25, 0.3) is 4.85 Å². The first kappa shape index (κ1) is 4.45. The van der Waals surface area contributed by atoms with Gasteiger partial charge in [0.05, 0.1) is 0 Å². The monoisotopic (exact) mass is 70.1 g/mol. The molecule has 5 heavy (non-hydrogen) atoms. The van der Waals surface area contributed by atoms with E-state index in [4.69, 9.17) is 6.57 Å². The van der Waals surface area contributed by atoms with E-state index in [-0.39, 0.29) is 0 Å². The smallest absolute Gasteiger partial charge is 0.268 e. The highest BCUT2D eigenvalue weighted by molar-refractivity contribution is 4.49. The van der Waals surface area contributed by atoms with Crippen LogP contribution in [0.15, 0.2) is 0 Å². The summed E-state index contributed by atoms with van der Waals surface area (Å²) in [4.78, 5) is 2.99. The van der Waals surface area contributed by atoms with Crippen molar-refractivity contribution in [1.82, 2.24) is 5.32 Å². The van der Waals surface area contributed by atoms with Crippen LogP contribution in [-0.2, 0) is 0 Å². The maximum absolute atomic E-state index is 6.17. The Labute approximate surface area is 31.6 Å². The highest BCUT2D eigenvalue weighted by Crippen LogP contribution is 1.48. The fourth-order valence-corrected chi connectivity index (χ4v) is 0.0791. The lowest BCUT2D eigenvalue weighted by atomic mass is 11.1. The SMILES string of the molecule is [C-]#[N+]CNC. The lowest BCUT2D eigenvalue weighted by Crippen LogP contribution is -2.01. The summed E-state index contributed by atoms with van der Waals surface area (Å²) >= 11 is 0. The van der Waals surface area contributed by atoms with Crippen LogP contribution in [0.3, 0.4) is 0 Å². The molecule has 0 spiro atoms. The van der Waals surface area contributed by atoms with Gasteiger partial charge >= 0.3 is 0 Å². The first-order valence-corrected chi connectivity index (χ1v) is 1.39. The van der Waals surface area contributed by atoms with E-state index in [0.717, 1.165) is 0 Å². The summed E-state index contributed by atoms with van der Waals surface area (Å²) in [5.41, 5.74) is 0. The third kappa shape index (κ3) is 3.45. The molecule has 0 rings (SSSR count). The van der Waals surface area contributed by atoms with Gasteiger partial charge in [-0.05, 0) is 7.05 Å². The Balaban J connectivity index is 2.48. The molecule has 2 nitrogen and oxygen atoms in total. The number of nitrogens with one attached hydrogen (secondary N) is 1. The third-order valence-corrected chi connectivity index (χ3v) is 0.237. The molecule has 2 heteroatoms. The Morgan fingerprint density at radius 2 is 2.60 bits per heavy atom. The van der Waals surface area contributed by atoms with E-state index in [0.29, 0.717) is 6.67 Å². The maximum atomic E-state index is 6.17. The quantitative estimate of drug-likeness (QED) is 0.432. The fourth-order valence-electron chi connectivity index (χ4n) is 0.0791. The molecule has 0 aromatic heterocycles. The highest BCUT2D eigenvalue weighted by atomic mass is 14.9. The van der Waals surface area contributed by atoms with E-state index in [2.05, 4.69) is 10.2 Å². The van der Waals surface area contributed by atoms with Crippen LogP contribution < -0.4 is 5.32 Å². The minimum atomic E-state index is 0.431. The second-order valence-corrected chi connectivity index (χ2v) is 0.670. The van der Waals surface area contributed by atoms with Crippen molar-refractivity contribution >= 4 is 0 Å². The summed E-state index contributed by atoms with van der Waals surface area (Å²) in [6.07, 6.45) is 0. The van der Waals surface area contributed by atoms with Crippen molar-refractivity contribution in [2.75, 3.05) is 13.7 Å². The van der Waals surface area contributed by atoms with Crippen molar-refractivity contribution in [2.45, 2.75) is 0 Å². The molecule has 0 aliphatic heterocycles. The predicted molar refractivity (Wildman–Crippen MR) is 20.5 cm³/mol. The van der Waals surface area contributed by atoms with E-state index in [1.54, 1.807) is 7.05 Å². The molecule has 0 saturated heterocycles. The van der Waals surface area contributed by atoms with Gasteiger partial charge in [0.2, 0.25) is 0 Å². The normalized spacial score (nSPS) is 6.40. The maximum Gasteiger partial charge on any atom is 0.268 e. The molecule has 0 bridgehead atoms. The molecule has 0 aliphatic carbocycles. The summed E-state index contributed by atoms with van der Waals surface area (Å²) in [6, 6.07) is 0. The zero-order valence-electron chi connectivity index (χ0n) is 3.15. The molecule has 0 aromatic rings. The van der Waals surface area contributed by atoms with E-state index in [9.17, 15) is 0 Å². The largest absolute Gasteiger partial charge is 0.300 e. The Bertz CT molecular complexity index is 43.3. The van der Waals surface area contributed by atoms with E-state index in [1.165, 1.54) is 0 Å². The lowest BCUT2D eigenvalue weighted by molar-refractivity contribution is 0.916. The minimum absolute atomic E-state index is 0.431. The fraction of sp³-hybridized carbons (Fsp3) is 0.667. The van der Waals surface area contributed by atoms with Gasteiger partial charge in [-0.1, -0.05) is 0 Å². The molecule has 0 amide bonds. The first-order chi connectivity index (χ1) is 2.41. The predicted octanol–water partition coefficient (Wildman–Crippen LogP) is 0.0826. The summed E-state index contributed by atoms with van der Waals surface area (Å²) in [6.45, 7) is 6.60. The topological polar surface area (TPSA) is 16.4 Å². The van der Waals surface area contributed by atoms with Crippen molar-refractivity contribution in [1.29, 1.82) is 0 Å². The molecule has 0 saturated carbocycles. The second-order valence-electron chi connectivity index (χ2n) is 0.670. The molecular formula is C3H6N2. The Hall–Kier alpha value is -0.550. The Kier molecular flexibility index (Phi) is 3.07. The molecule has 1 N–H and O–H groups in total. The molecule has 0 aromatic carbocycles. The van der Waals surface area contributed by atoms with E-state index < -0.39 is 0 Å². The Morgan fingerprint density at radius 1 is 2.00 bits per heavy atom. The molecule has 28 valence electrons. The van der Waals surface area contributed by atoms with Gasteiger partial charge < -0.3 is 0 Å². The van der Waals surface area contributed by atoms with E-state index >= 15 is 0 Å². The average Bonchev–Trinajstić information content (AvgIpc) is 1.41. The van der Waals surface area contributed by atoms with Crippen LogP contribution in [0, 0.1) is 6.57 Å². The molecule has 0 unspecified atom stereocenters. The van der Waals surface area contributed by atoms with Crippen LogP contribution in [0.4, 0.5) is 0 Å². The van der Waals surface area contributed by atoms with Crippen LogP contribution in [0.2, 0.25) is 0 Å². The van der Waals surface area contributed by atoms with Crippen molar-refractivity contribution in [2.24, 2.45) is 0 Å². The van der Waals surface area contributed by atoms with Crippen molar-refractivity contribution in [3.05, 3.63) is 11.4 Å². The van der Waals surface area contributed by atoms with Gasteiger partial charge in [0, 0.05) is 0 Å². The van der Waals surface area contributed by atoms with Gasteiger partial charge in [0.25, 0.3) is 6.67 Å². The van der Waals surface area contributed by atoms with Gasteiger partial charge in [0.15, 0.2) is 0 Å². The zero-order valence-corrected chi connectivity index (χ0v) is 3.15. The Morgan fingerprint density at radius 3 is 2.60 bits per heavy atom. The summed E-state index contributed by atoms with van der Waals surface area (Å²) < 4.78 is 0. The first-order valence-electron chi connectivity index (χ1n) is 1.39. The summed E-state index contributed by atoms with van der Waals surface area (Å²) in [7, 11) is 1.75. The highest BCUT2D eigenvalue weighted by Gasteiger charge is 1.63. The number of hydrogen-bond donors (Lipinski definition) is 1. The molecular weight excluding hydrogens is 64.0 g/mol. The molecule has 0 radical (unpaired) electrons. The van der Waals surface area contributed by atoms with Gasteiger partial charge in [-0.15, -0.1) is 0 Å². The number of nitrogens with zero attached hydrogens (tertiary/aromatic N) is 1. The van der Waals surface area contributed by atoms with Gasteiger partial charge in [0.1, 0.15) is 0 Å². The molecule has 0 atom stereocenters. The van der Waals surface area contributed by atoms with Crippen LogP contribution >= 0.6 is 0 Å². The summed E-state index contributed by atoms with van der Waals surface area (Å²) in [5, 5.41) is 2.66. The van der Waals surface area contributed by atoms with Crippen LogP contribution in [-0.4, -0.2) is 13.7 Å².